The van der Waals surface area contributed by atoms with E-state index in [2.05, 4.69) is 4.98 Å². The van der Waals surface area contributed by atoms with Crippen LogP contribution in [-0.4, -0.2) is 58.8 Å². The Morgan fingerprint density at radius 1 is 0.938 bits per heavy atom. The van der Waals surface area contributed by atoms with Crippen LogP contribution in [0.25, 0.3) is 0 Å². The Bertz CT molecular complexity index is 1760. The summed E-state index contributed by atoms with van der Waals surface area (Å²) < 4.78 is 38.3. The standard InChI is InChI=1S/C35H41N2O9PS/c1-22-20-37(34(39)36-33(22)38)32-19-30(46-47(40)45-23(2)24(3)48-47)31(44-32)21-43-35(25-9-7-6-8-10-25,26-11-15-28(41-4)16-12-26)27-13-17-29(42-5)18-14-27/h6-18,20,23-24,30-32,40,47H,19,21H2,1-5H3,(H,36,38,39)/t23?,24?,30-,31+,32+/m0/s1. The van der Waals surface area contributed by atoms with Gasteiger partial charge in [0.1, 0.15) is 0 Å². The van der Waals surface area contributed by atoms with Gasteiger partial charge in [-0.25, -0.2) is 0 Å². The molecule has 0 amide bonds. The number of ether oxygens (including phenoxy) is 4. The number of rotatable bonds is 11. The third-order valence-corrected chi connectivity index (χ3v) is 13.8. The first kappa shape index (κ1) is 34.4. The van der Waals surface area contributed by atoms with E-state index >= 15 is 0 Å². The Hall–Kier alpha value is -3.48. The topological polar surface area (TPSA) is 130 Å². The second-order valence-corrected chi connectivity index (χ2v) is 16.7. The zero-order valence-corrected chi connectivity index (χ0v) is 29.3. The van der Waals surface area contributed by atoms with E-state index in [4.69, 9.17) is 28.0 Å². The van der Waals surface area contributed by atoms with Crippen LogP contribution in [0.15, 0.2) is 94.6 Å². The number of hydrogen-bond acceptors (Lipinski definition) is 10. The summed E-state index contributed by atoms with van der Waals surface area (Å²) in [5, 5.41) is 0.0369. The SMILES string of the molecule is COc1ccc(C(OC[C@H]2O[C@@H](n3cc(C)c(=O)[nH]c3=O)C[C@@H]2O[PH]2(O)OC(C)C(C)S2)(c2ccccc2)c2ccc(OC)cc2)cc1. The van der Waals surface area contributed by atoms with Gasteiger partial charge in [0.25, 0.3) is 0 Å². The first-order valence-electron chi connectivity index (χ1n) is 15.8. The molecule has 256 valence electrons. The van der Waals surface area contributed by atoms with Gasteiger partial charge in [-0.05, 0) is 0 Å². The van der Waals surface area contributed by atoms with E-state index < -0.39 is 42.4 Å². The van der Waals surface area contributed by atoms with Gasteiger partial charge in [-0.3, -0.25) is 0 Å². The molecule has 0 radical (unpaired) electrons. The van der Waals surface area contributed by atoms with Crippen LogP contribution in [0, 0.1) is 6.92 Å². The summed E-state index contributed by atoms with van der Waals surface area (Å²) >= 11 is 1.30. The van der Waals surface area contributed by atoms with Crippen LogP contribution < -0.4 is 20.7 Å². The van der Waals surface area contributed by atoms with Crippen molar-refractivity contribution in [2.24, 2.45) is 0 Å². The normalized spacial score (nSPS) is 24.3. The quantitative estimate of drug-likeness (QED) is 0.154. The Labute approximate surface area is 283 Å². The van der Waals surface area contributed by atoms with Crippen molar-refractivity contribution in [2.75, 3.05) is 20.8 Å². The molecule has 5 atom stereocenters. The van der Waals surface area contributed by atoms with E-state index in [9.17, 15) is 14.5 Å². The Morgan fingerprint density at radius 2 is 1.52 bits per heavy atom. The number of nitrogens with zero attached hydrogens (tertiary/aromatic N) is 1. The molecule has 1 aromatic heterocycles. The Kier molecular flexibility index (Phi) is 10.1. The van der Waals surface area contributed by atoms with E-state index in [1.54, 1.807) is 21.1 Å². The van der Waals surface area contributed by atoms with Gasteiger partial charge in [-0.15, -0.1) is 0 Å². The van der Waals surface area contributed by atoms with Gasteiger partial charge >= 0.3 is 284 Å². The number of benzene rings is 3. The Balaban J connectivity index is 1.41. The molecule has 2 saturated heterocycles. The van der Waals surface area contributed by atoms with Gasteiger partial charge in [0, 0.05) is 0 Å². The van der Waals surface area contributed by atoms with Gasteiger partial charge in [0.05, 0.1) is 0 Å². The second kappa shape index (κ2) is 14.2. The predicted molar refractivity (Wildman–Crippen MR) is 186 cm³/mol. The van der Waals surface area contributed by atoms with Crippen molar-refractivity contribution < 1.29 is 32.9 Å². The molecular weight excluding hydrogens is 655 g/mol. The van der Waals surface area contributed by atoms with Crippen LogP contribution in [0.1, 0.15) is 48.8 Å². The van der Waals surface area contributed by atoms with Crippen molar-refractivity contribution in [3.05, 3.63) is 128 Å². The predicted octanol–water partition coefficient (Wildman–Crippen LogP) is 5.49. The summed E-state index contributed by atoms with van der Waals surface area (Å²) in [5.41, 5.74) is 0.708. The number of hydrogen-bond donors (Lipinski definition) is 2. The molecule has 3 heterocycles. The van der Waals surface area contributed by atoms with Crippen LogP contribution in [0.5, 0.6) is 11.5 Å². The molecule has 2 aliphatic heterocycles. The minimum atomic E-state index is -3.66. The molecule has 6 rings (SSSR count). The molecule has 13 heteroatoms. The van der Waals surface area contributed by atoms with Crippen molar-refractivity contribution in [3.63, 3.8) is 0 Å². The van der Waals surface area contributed by atoms with Gasteiger partial charge in [0.2, 0.25) is 0 Å². The van der Waals surface area contributed by atoms with Crippen LogP contribution in [0.4, 0.5) is 0 Å². The number of aromatic nitrogens is 2. The van der Waals surface area contributed by atoms with Crippen molar-refractivity contribution in [1.29, 1.82) is 0 Å². The molecule has 2 aliphatic rings. The third kappa shape index (κ3) is 6.84. The fourth-order valence-corrected chi connectivity index (χ4v) is 11.6. The van der Waals surface area contributed by atoms with E-state index in [1.165, 1.54) is 22.1 Å². The molecular formula is C35H41N2O9PS. The second-order valence-electron chi connectivity index (χ2n) is 12.0. The Morgan fingerprint density at radius 3 is 2.06 bits per heavy atom. The molecule has 48 heavy (non-hydrogen) atoms. The summed E-state index contributed by atoms with van der Waals surface area (Å²) in [4.78, 5) is 38.9. The maximum absolute atomic E-state index is 12.9. The molecule has 4 aromatic rings. The van der Waals surface area contributed by atoms with Crippen molar-refractivity contribution in [3.8, 4) is 11.5 Å². The molecule has 2 fully saturated rings. The average molecular weight is 697 g/mol. The fourth-order valence-electron chi connectivity index (χ4n) is 6.16. The third-order valence-electron chi connectivity index (χ3n) is 8.91. The zero-order valence-electron chi connectivity index (χ0n) is 27.5. The zero-order chi connectivity index (χ0) is 34.1. The first-order chi connectivity index (χ1) is 23.0. The fraction of sp³-hybridized carbons (Fsp3) is 0.371. The summed E-state index contributed by atoms with van der Waals surface area (Å²) in [6.07, 6.45) is -0.730. The first-order valence-corrected chi connectivity index (χ1v) is 19.1. The van der Waals surface area contributed by atoms with Crippen LogP contribution in [0.2, 0.25) is 0 Å². The van der Waals surface area contributed by atoms with Gasteiger partial charge in [-0.1, -0.05) is 0 Å². The van der Waals surface area contributed by atoms with Crippen molar-refractivity contribution in [1.82, 2.24) is 9.55 Å². The van der Waals surface area contributed by atoms with E-state index in [0.29, 0.717) is 17.1 Å². The number of H-pyrrole nitrogens is 1. The summed E-state index contributed by atoms with van der Waals surface area (Å²) in [7, 11) is -0.425. The molecule has 0 aliphatic carbocycles. The monoisotopic (exact) mass is 696 g/mol. The number of aromatic amines is 1. The van der Waals surface area contributed by atoms with Crippen LogP contribution in [-0.2, 0) is 24.1 Å². The van der Waals surface area contributed by atoms with Crippen LogP contribution in [0.3, 0.4) is 0 Å². The van der Waals surface area contributed by atoms with Gasteiger partial charge < -0.3 is 0 Å². The van der Waals surface area contributed by atoms with Gasteiger partial charge in [0.15, 0.2) is 0 Å². The molecule has 11 nitrogen and oxygen atoms in total. The summed E-state index contributed by atoms with van der Waals surface area (Å²) in [6, 6.07) is 25.3. The molecule has 2 N–H and O–H groups in total. The van der Waals surface area contributed by atoms with Crippen LogP contribution >= 0.6 is 18.5 Å². The molecule has 2 unspecified atom stereocenters. The van der Waals surface area contributed by atoms with E-state index in [1.807, 2.05) is 92.7 Å². The van der Waals surface area contributed by atoms with E-state index in [0.717, 1.165) is 16.7 Å². The van der Waals surface area contributed by atoms with Gasteiger partial charge in [-0.2, -0.15) is 0 Å². The van der Waals surface area contributed by atoms with Crippen molar-refractivity contribution in [2.45, 2.75) is 62.6 Å². The number of methoxy groups -OCH3 is 2. The van der Waals surface area contributed by atoms with E-state index in [-0.39, 0.29) is 24.4 Å². The molecule has 0 saturated carbocycles. The molecule has 3 aromatic carbocycles. The maximum atomic E-state index is 12.9. The average Bonchev–Trinajstić information content (AvgIpc) is 3.60. The molecule has 0 spiro atoms. The molecule has 0 bridgehead atoms. The summed E-state index contributed by atoms with van der Waals surface area (Å²) in [6.45, 7) is 5.52. The summed E-state index contributed by atoms with van der Waals surface area (Å²) in [5.74, 6) is 1.39. The minimum absolute atomic E-state index is 0.00542. The number of aryl methyl sites for hydroxylation is 1. The number of nitrogens with one attached hydrogen (secondary N) is 1. The van der Waals surface area contributed by atoms with Crippen molar-refractivity contribution >= 4 is 18.5 Å².